The van der Waals surface area contributed by atoms with Crippen LogP contribution in [0.4, 0.5) is 0 Å². The summed E-state index contributed by atoms with van der Waals surface area (Å²) in [5.74, 6) is 0.461. The molecule has 3 heterocycles. The summed E-state index contributed by atoms with van der Waals surface area (Å²) in [5.41, 5.74) is 3.14. The van der Waals surface area contributed by atoms with Crippen molar-refractivity contribution >= 4 is 11.8 Å². The SMILES string of the molecule is Cc1ccc2c(c1)C(=O)NC1(CCN(C(=O)c3cccc(-c4cc[nH]n4)c3)CC1)O2. The Bertz CT molecular complexity index is 1120. The number of aromatic amines is 1. The molecule has 5 rings (SSSR count). The number of H-pyrrole nitrogens is 1. The Kier molecular flexibility index (Phi) is 4.31. The number of carbonyl (C=O) groups excluding carboxylic acids is 2. The fourth-order valence-corrected chi connectivity index (χ4v) is 4.13. The van der Waals surface area contributed by atoms with Crippen LogP contribution >= 0.6 is 0 Å². The number of aryl methyl sites for hydroxylation is 1. The van der Waals surface area contributed by atoms with Gasteiger partial charge in [0.15, 0.2) is 5.72 Å². The summed E-state index contributed by atoms with van der Waals surface area (Å²) in [6.07, 6.45) is 2.83. The van der Waals surface area contributed by atoms with E-state index >= 15 is 0 Å². The molecule has 0 atom stereocenters. The molecule has 0 unspecified atom stereocenters. The Balaban J connectivity index is 1.31. The van der Waals surface area contributed by atoms with Gasteiger partial charge in [-0.25, -0.2) is 0 Å². The van der Waals surface area contributed by atoms with Crippen LogP contribution in [0.15, 0.2) is 54.7 Å². The third kappa shape index (κ3) is 3.22. The summed E-state index contributed by atoms with van der Waals surface area (Å²) in [6, 6.07) is 15.0. The average Bonchev–Trinajstić information content (AvgIpc) is 3.30. The highest BCUT2D eigenvalue weighted by Gasteiger charge is 2.43. The number of nitrogens with zero attached hydrogens (tertiary/aromatic N) is 2. The van der Waals surface area contributed by atoms with Gasteiger partial charge in [0.1, 0.15) is 5.75 Å². The highest BCUT2D eigenvalue weighted by Crippen LogP contribution is 2.34. The van der Waals surface area contributed by atoms with Gasteiger partial charge in [-0.1, -0.05) is 23.8 Å². The van der Waals surface area contributed by atoms with Gasteiger partial charge >= 0.3 is 0 Å². The molecule has 0 saturated carbocycles. The molecule has 1 fully saturated rings. The Hall–Kier alpha value is -3.61. The minimum absolute atomic E-state index is 0.0274. The van der Waals surface area contributed by atoms with E-state index in [0.29, 0.717) is 42.8 Å². The Morgan fingerprint density at radius 1 is 1.13 bits per heavy atom. The Morgan fingerprint density at radius 2 is 1.97 bits per heavy atom. The first-order valence-corrected chi connectivity index (χ1v) is 10.0. The average molecular weight is 402 g/mol. The number of benzene rings is 2. The molecule has 0 aliphatic carbocycles. The van der Waals surface area contributed by atoms with Crippen molar-refractivity contribution in [1.29, 1.82) is 0 Å². The standard InChI is InChI=1S/C23H22N4O3/c1-15-5-6-20-18(13-15)21(28)25-23(30-20)8-11-27(12-9-23)22(29)17-4-2-3-16(14-17)19-7-10-24-26-19/h2-7,10,13-14H,8-9,11-12H2,1H3,(H,24,26)(H,25,28). The van der Waals surface area contributed by atoms with Gasteiger partial charge < -0.3 is 15.0 Å². The van der Waals surface area contributed by atoms with E-state index < -0.39 is 5.72 Å². The van der Waals surface area contributed by atoms with Gasteiger partial charge in [-0.2, -0.15) is 5.10 Å². The van der Waals surface area contributed by atoms with Crippen molar-refractivity contribution < 1.29 is 14.3 Å². The van der Waals surface area contributed by atoms with E-state index in [-0.39, 0.29) is 11.8 Å². The first-order chi connectivity index (χ1) is 14.5. The predicted molar refractivity (Wildman–Crippen MR) is 111 cm³/mol. The summed E-state index contributed by atoms with van der Waals surface area (Å²) in [5, 5.41) is 10.0. The van der Waals surface area contributed by atoms with Crippen LogP contribution in [0.1, 0.15) is 39.1 Å². The Morgan fingerprint density at radius 3 is 2.73 bits per heavy atom. The van der Waals surface area contributed by atoms with Gasteiger partial charge in [-0.3, -0.25) is 14.7 Å². The summed E-state index contributed by atoms with van der Waals surface area (Å²) < 4.78 is 6.21. The van der Waals surface area contributed by atoms with Crippen molar-refractivity contribution in [3.63, 3.8) is 0 Å². The van der Waals surface area contributed by atoms with Gasteiger partial charge in [0.05, 0.1) is 11.3 Å². The second-order valence-electron chi connectivity index (χ2n) is 7.88. The number of amides is 2. The van der Waals surface area contributed by atoms with Crippen molar-refractivity contribution in [2.75, 3.05) is 13.1 Å². The molecule has 2 aliphatic rings. The van der Waals surface area contributed by atoms with Crippen LogP contribution < -0.4 is 10.1 Å². The molecule has 2 aliphatic heterocycles. The molecule has 152 valence electrons. The van der Waals surface area contributed by atoms with Crippen molar-refractivity contribution in [2.45, 2.75) is 25.5 Å². The lowest BCUT2D eigenvalue weighted by Gasteiger charge is -2.44. The summed E-state index contributed by atoms with van der Waals surface area (Å²) in [7, 11) is 0. The molecule has 7 heteroatoms. The Labute approximate surface area is 174 Å². The molecule has 1 aromatic heterocycles. The second kappa shape index (κ2) is 7.02. The van der Waals surface area contributed by atoms with E-state index in [0.717, 1.165) is 16.8 Å². The highest BCUT2D eigenvalue weighted by molar-refractivity contribution is 5.98. The number of carbonyl (C=O) groups is 2. The molecule has 3 aromatic rings. The molecule has 30 heavy (non-hydrogen) atoms. The van der Waals surface area contributed by atoms with E-state index in [4.69, 9.17) is 4.74 Å². The lowest BCUT2D eigenvalue weighted by molar-refractivity contribution is -0.0245. The smallest absolute Gasteiger partial charge is 0.258 e. The molecule has 2 amide bonds. The van der Waals surface area contributed by atoms with E-state index in [9.17, 15) is 9.59 Å². The van der Waals surface area contributed by atoms with Gasteiger partial charge in [-0.05, 0) is 37.3 Å². The molecule has 2 aromatic carbocycles. The monoisotopic (exact) mass is 402 g/mol. The fourth-order valence-electron chi connectivity index (χ4n) is 4.13. The maximum Gasteiger partial charge on any atom is 0.258 e. The molecule has 1 saturated heterocycles. The third-order valence-corrected chi connectivity index (χ3v) is 5.79. The minimum Gasteiger partial charge on any atom is -0.467 e. The summed E-state index contributed by atoms with van der Waals surface area (Å²) in [6.45, 7) is 2.96. The number of hydrogen-bond donors (Lipinski definition) is 2. The minimum atomic E-state index is -0.757. The number of ether oxygens (including phenoxy) is 1. The number of aromatic nitrogens is 2. The highest BCUT2D eigenvalue weighted by atomic mass is 16.5. The first-order valence-electron chi connectivity index (χ1n) is 10.0. The predicted octanol–water partition coefficient (Wildman–Crippen LogP) is 3.14. The van der Waals surface area contributed by atoms with Crippen molar-refractivity contribution in [3.05, 3.63) is 71.4 Å². The van der Waals surface area contributed by atoms with Gasteiger partial charge in [0.2, 0.25) is 0 Å². The fraction of sp³-hybridized carbons (Fsp3) is 0.261. The number of likely N-dealkylation sites (tertiary alicyclic amines) is 1. The second-order valence-corrected chi connectivity index (χ2v) is 7.88. The molecule has 1 spiro atoms. The van der Waals surface area contributed by atoms with Crippen molar-refractivity contribution in [2.24, 2.45) is 0 Å². The topological polar surface area (TPSA) is 87.3 Å². The maximum absolute atomic E-state index is 13.1. The van der Waals surface area contributed by atoms with Crippen LogP contribution in [0, 0.1) is 6.92 Å². The van der Waals surface area contributed by atoms with Crippen LogP contribution in [0.2, 0.25) is 0 Å². The molecular formula is C23H22N4O3. The lowest BCUT2D eigenvalue weighted by atomic mass is 9.95. The zero-order valence-corrected chi connectivity index (χ0v) is 16.6. The number of rotatable bonds is 2. The van der Waals surface area contributed by atoms with E-state index in [2.05, 4.69) is 15.5 Å². The van der Waals surface area contributed by atoms with Crippen LogP contribution in [-0.4, -0.2) is 45.7 Å². The van der Waals surface area contributed by atoms with Crippen LogP contribution in [0.3, 0.4) is 0 Å². The molecular weight excluding hydrogens is 380 g/mol. The van der Waals surface area contributed by atoms with E-state index in [1.807, 2.05) is 60.4 Å². The zero-order chi connectivity index (χ0) is 20.7. The first kappa shape index (κ1) is 18.4. The number of hydrogen-bond acceptors (Lipinski definition) is 4. The molecule has 0 bridgehead atoms. The lowest BCUT2D eigenvalue weighted by Crippen LogP contribution is -2.61. The zero-order valence-electron chi connectivity index (χ0n) is 16.6. The van der Waals surface area contributed by atoms with E-state index in [1.165, 1.54) is 0 Å². The van der Waals surface area contributed by atoms with Crippen molar-refractivity contribution in [3.8, 4) is 17.0 Å². The summed E-state index contributed by atoms with van der Waals surface area (Å²) >= 11 is 0. The normalized spacial score (nSPS) is 17.2. The summed E-state index contributed by atoms with van der Waals surface area (Å²) in [4.78, 5) is 27.5. The van der Waals surface area contributed by atoms with Crippen LogP contribution in [-0.2, 0) is 0 Å². The molecule has 2 N–H and O–H groups in total. The third-order valence-electron chi connectivity index (χ3n) is 5.79. The maximum atomic E-state index is 13.1. The molecule has 7 nitrogen and oxygen atoms in total. The van der Waals surface area contributed by atoms with Crippen LogP contribution in [0.5, 0.6) is 5.75 Å². The number of nitrogens with one attached hydrogen (secondary N) is 2. The number of piperidine rings is 1. The van der Waals surface area contributed by atoms with Gasteiger partial charge in [0, 0.05) is 43.3 Å². The van der Waals surface area contributed by atoms with Crippen molar-refractivity contribution in [1.82, 2.24) is 20.4 Å². The molecule has 0 radical (unpaired) electrons. The number of fused-ring (bicyclic) bond motifs is 1. The van der Waals surface area contributed by atoms with Crippen LogP contribution in [0.25, 0.3) is 11.3 Å². The van der Waals surface area contributed by atoms with E-state index in [1.54, 1.807) is 6.20 Å². The van der Waals surface area contributed by atoms with Gasteiger partial charge in [-0.15, -0.1) is 0 Å². The largest absolute Gasteiger partial charge is 0.467 e. The quantitative estimate of drug-likeness (QED) is 0.689. The van der Waals surface area contributed by atoms with Gasteiger partial charge in [0.25, 0.3) is 11.8 Å².